The van der Waals surface area contributed by atoms with Crippen LogP contribution >= 0.6 is 11.3 Å². The molecule has 0 radical (unpaired) electrons. The summed E-state index contributed by atoms with van der Waals surface area (Å²) in [6, 6.07) is 5.88. The van der Waals surface area contributed by atoms with Crippen molar-refractivity contribution in [1.82, 2.24) is 9.38 Å². The largest absolute Gasteiger partial charge is 0.494 e. The molecular formula is C16H16N2O2S. The fourth-order valence-corrected chi connectivity index (χ4v) is 4.09. The molecule has 0 fully saturated rings. The van der Waals surface area contributed by atoms with E-state index in [9.17, 15) is 4.79 Å². The zero-order valence-electron chi connectivity index (χ0n) is 11.9. The number of fused-ring (bicyclic) bond motifs is 4. The van der Waals surface area contributed by atoms with Gasteiger partial charge in [0.2, 0.25) is 0 Å². The highest BCUT2D eigenvalue weighted by Gasteiger charge is 2.19. The van der Waals surface area contributed by atoms with Crippen LogP contribution in [-0.4, -0.2) is 16.0 Å². The van der Waals surface area contributed by atoms with Crippen LogP contribution in [0.15, 0.2) is 23.0 Å². The summed E-state index contributed by atoms with van der Waals surface area (Å²) in [7, 11) is 0. The summed E-state index contributed by atoms with van der Waals surface area (Å²) in [5, 5.41) is 0. The van der Waals surface area contributed by atoms with Crippen molar-refractivity contribution >= 4 is 26.5 Å². The maximum atomic E-state index is 12.8. The van der Waals surface area contributed by atoms with Gasteiger partial charge in [-0.15, -0.1) is 0 Å². The van der Waals surface area contributed by atoms with Gasteiger partial charge in [-0.3, -0.25) is 9.20 Å². The van der Waals surface area contributed by atoms with Gasteiger partial charge < -0.3 is 4.74 Å². The van der Waals surface area contributed by atoms with Gasteiger partial charge in [-0.25, -0.2) is 4.98 Å². The molecule has 3 aromatic rings. The Hall–Kier alpha value is -1.88. The first-order chi connectivity index (χ1) is 10.3. The summed E-state index contributed by atoms with van der Waals surface area (Å²) in [4.78, 5) is 18.3. The van der Waals surface area contributed by atoms with Gasteiger partial charge in [-0.2, -0.15) is 0 Å². The fraction of sp³-hybridized carbons (Fsp3) is 0.375. The zero-order valence-corrected chi connectivity index (χ0v) is 12.7. The van der Waals surface area contributed by atoms with E-state index < -0.39 is 0 Å². The maximum Gasteiger partial charge on any atom is 0.262 e. The van der Waals surface area contributed by atoms with Crippen LogP contribution in [0.3, 0.4) is 0 Å². The molecule has 0 saturated heterocycles. The second kappa shape index (κ2) is 4.84. The number of ether oxygens (including phenoxy) is 1. The topological polar surface area (TPSA) is 43.6 Å². The van der Waals surface area contributed by atoms with E-state index in [-0.39, 0.29) is 5.56 Å². The molecule has 0 bridgehead atoms. The first-order valence-electron chi connectivity index (χ1n) is 7.38. The Morgan fingerprint density at radius 3 is 3.05 bits per heavy atom. The Morgan fingerprint density at radius 1 is 1.33 bits per heavy atom. The number of hydrogen-bond acceptors (Lipinski definition) is 4. The molecular weight excluding hydrogens is 284 g/mol. The van der Waals surface area contributed by atoms with Gasteiger partial charge in [-0.05, 0) is 50.8 Å². The molecule has 0 N–H and O–H groups in total. The van der Waals surface area contributed by atoms with Crippen LogP contribution in [0.25, 0.3) is 15.2 Å². The van der Waals surface area contributed by atoms with Crippen molar-refractivity contribution in [1.29, 1.82) is 0 Å². The third-order valence-corrected chi connectivity index (χ3v) is 5.01. The molecule has 4 rings (SSSR count). The van der Waals surface area contributed by atoms with Crippen LogP contribution in [0.2, 0.25) is 0 Å². The molecule has 5 heteroatoms. The summed E-state index contributed by atoms with van der Waals surface area (Å²) in [6.07, 6.45) is 4.01. The summed E-state index contributed by atoms with van der Waals surface area (Å²) in [5.41, 5.74) is 2.96. The number of aromatic nitrogens is 2. The Kier molecular flexibility index (Phi) is 2.96. The van der Waals surface area contributed by atoms with E-state index >= 15 is 0 Å². The minimum absolute atomic E-state index is 0.116. The lowest BCUT2D eigenvalue weighted by molar-refractivity contribution is 0.341. The van der Waals surface area contributed by atoms with Gasteiger partial charge >= 0.3 is 0 Å². The fourth-order valence-electron chi connectivity index (χ4n) is 3.03. The average molecular weight is 300 g/mol. The summed E-state index contributed by atoms with van der Waals surface area (Å²) in [5.74, 6) is 0.842. The number of hydrogen-bond donors (Lipinski definition) is 0. The van der Waals surface area contributed by atoms with Crippen molar-refractivity contribution in [2.45, 2.75) is 32.6 Å². The molecule has 108 valence electrons. The Balaban J connectivity index is 2.03. The second-order valence-corrected chi connectivity index (χ2v) is 6.34. The first-order valence-corrected chi connectivity index (χ1v) is 8.19. The number of aryl methyl sites for hydroxylation is 1. The van der Waals surface area contributed by atoms with Crippen LogP contribution in [0.4, 0.5) is 0 Å². The predicted octanol–water partition coefficient (Wildman–Crippen LogP) is 3.19. The number of thiazole rings is 1. The Labute approximate surface area is 126 Å². The lowest BCUT2D eigenvalue weighted by Gasteiger charge is -2.13. The lowest BCUT2D eigenvalue weighted by Crippen LogP contribution is -2.23. The quantitative estimate of drug-likeness (QED) is 0.730. The van der Waals surface area contributed by atoms with E-state index in [0.29, 0.717) is 6.61 Å². The van der Waals surface area contributed by atoms with Crippen molar-refractivity contribution < 1.29 is 4.74 Å². The van der Waals surface area contributed by atoms with Crippen molar-refractivity contribution in [3.63, 3.8) is 0 Å². The molecule has 21 heavy (non-hydrogen) atoms. The standard InChI is InChI=1S/C16H16N2O2S/c1-2-20-10-7-8-13-14(9-10)21-16-17-12-6-4-3-5-11(12)15(19)18(13)16/h7-9H,2-6H2,1H3. The van der Waals surface area contributed by atoms with E-state index in [1.165, 1.54) is 0 Å². The molecule has 0 saturated carbocycles. The van der Waals surface area contributed by atoms with Gasteiger partial charge in [0.15, 0.2) is 4.96 Å². The van der Waals surface area contributed by atoms with Crippen LogP contribution < -0.4 is 10.3 Å². The highest BCUT2D eigenvalue weighted by atomic mass is 32.1. The normalized spacial score (nSPS) is 14.5. The maximum absolute atomic E-state index is 12.8. The Bertz CT molecular complexity index is 895. The highest BCUT2D eigenvalue weighted by Crippen LogP contribution is 2.29. The third kappa shape index (κ3) is 1.95. The number of nitrogens with zero attached hydrogens (tertiary/aromatic N) is 2. The van der Waals surface area contributed by atoms with Crippen LogP contribution in [0.1, 0.15) is 31.0 Å². The summed E-state index contributed by atoms with van der Waals surface area (Å²) < 4.78 is 8.35. The minimum Gasteiger partial charge on any atom is -0.494 e. The molecule has 4 nitrogen and oxygen atoms in total. The number of benzene rings is 1. The van der Waals surface area contributed by atoms with Gasteiger partial charge in [0, 0.05) is 5.56 Å². The molecule has 0 aliphatic heterocycles. The average Bonchev–Trinajstić information content (AvgIpc) is 2.85. The van der Waals surface area contributed by atoms with Crippen molar-refractivity contribution in [2.75, 3.05) is 6.61 Å². The highest BCUT2D eigenvalue weighted by molar-refractivity contribution is 7.23. The monoisotopic (exact) mass is 300 g/mol. The van der Waals surface area contributed by atoms with Crippen molar-refractivity contribution in [3.8, 4) is 5.75 Å². The summed E-state index contributed by atoms with van der Waals surface area (Å²) in [6.45, 7) is 2.61. The second-order valence-electron chi connectivity index (χ2n) is 5.33. The zero-order chi connectivity index (χ0) is 14.4. The molecule has 2 aromatic heterocycles. The molecule has 0 unspecified atom stereocenters. The molecule has 0 atom stereocenters. The smallest absolute Gasteiger partial charge is 0.262 e. The first kappa shape index (κ1) is 12.8. The van der Waals surface area contributed by atoms with Gasteiger partial charge in [0.05, 0.1) is 22.5 Å². The van der Waals surface area contributed by atoms with Gasteiger partial charge in [0.1, 0.15) is 5.75 Å². The third-order valence-electron chi connectivity index (χ3n) is 4.01. The molecule has 1 aromatic carbocycles. The SMILES string of the molecule is CCOc1ccc2c(c1)sc1nc3c(c(=O)n12)CCCC3. The van der Waals surface area contributed by atoms with Gasteiger partial charge in [0.25, 0.3) is 5.56 Å². The van der Waals surface area contributed by atoms with Crippen molar-refractivity contribution in [2.24, 2.45) is 0 Å². The minimum atomic E-state index is 0.116. The van der Waals surface area contributed by atoms with E-state index in [4.69, 9.17) is 9.72 Å². The molecule has 0 amide bonds. The molecule has 1 aliphatic rings. The lowest BCUT2D eigenvalue weighted by atomic mass is 9.97. The van der Waals surface area contributed by atoms with E-state index in [1.54, 1.807) is 15.7 Å². The van der Waals surface area contributed by atoms with Crippen LogP contribution in [-0.2, 0) is 12.8 Å². The molecule has 2 heterocycles. The van der Waals surface area contributed by atoms with E-state index in [1.807, 2.05) is 25.1 Å². The summed E-state index contributed by atoms with van der Waals surface area (Å²) >= 11 is 1.56. The van der Waals surface area contributed by atoms with Crippen LogP contribution in [0.5, 0.6) is 5.75 Å². The van der Waals surface area contributed by atoms with Gasteiger partial charge in [-0.1, -0.05) is 11.3 Å². The van der Waals surface area contributed by atoms with E-state index in [2.05, 4.69) is 0 Å². The van der Waals surface area contributed by atoms with Crippen LogP contribution in [0, 0.1) is 0 Å². The predicted molar refractivity (Wildman–Crippen MR) is 84.7 cm³/mol. The Morgan fingerprint density at radius 2 is 2.19 bits per heavy atom. The molecule has 0 spiro atoms. The molecule has 1 aliphatic carbocycles. The van der Waals surface area contributed by atoms with Crippen molar-refractivity contribution in [3.05, 3.63) is 39.8 Å². The van der Waals surface area contributed by atoms with E-state index in [0.717, 1.165) is 57.9 Å². The number of rotatable bonds is 2.